The molecule has 0 aliphatic rings. The number of phenols is 1. The first-order valence-corrected chi connectivity index (χ1v) is 11.0. The van der Waals surface area contributed by atoms with Gasteiger partial charge in [0.2, 0.25) is 11.8 Å². The minimum atomic E-state index is -1.15. The molecule has 3 amide bonds. The molecule has 0 aliphatic heterocycles. The molecule has 2 aromatic carbocycles. The molecule has 0 spiro atoms. The van der Waals surface area contributed by atoms with Gasteiger partial charge in [-0.05, 0) is 39.3 Å². The fourth-order valence-corrected chi connectivity index (χ4v) is 3.31. The monoisotopic (exact) mass is 467 g/mol. The van der Waals surface area contributed by atoms with Crippen molar-refractivity contribution in [2.24, 2.45) is 0 Å². The number of hydrogen-bond donors (Lipinski definition) is 3. The number of aromatic hydroxyl groups is 1. The maximum absolute atomic E-state index is 13.4. The van der Waals surface area contributed by atoms with Gasteiger partial charge in [0.05, 0.1) is 0 Å². The van der Waals surface area contributed by atoms with Gasteiger partial charge in [-0.1, -0.05) is 54.6 Å². The fraction of sp³-hybridized carbons (Fsp3) is 0.346. The highest BCUT2D eigenvalue weighted by atomic mass is 16.6. The number of hydrogen-bond acceptors (Lipinski definition) is 5. The number of para-hydroxylation sites is 1. The van der Waals surface area contributed by atoms with Gasteiger partial charge in [0, 0.05) is 18.7 Å². The Morgan fingerprint density at radius 1 is 1.09 bits per heavy atom. The largest absolute Gasteiger partial charge is 0.508 e. The van der Waals surface area contributed by atoms with E-state index in [1.54, 1.807) is 39.0 Å². The Labute approximate surface area is 200 Å². The van der Waals surface area contributed by atoms with Crippen molar-refractivity contribution < 1.29 is 24.2 Å². The van der Waals surface area contributed by atoms with Crippen LogP contribution in [0.15, 0.2) is 67.3 Å². The Hall–Kier alpha value is -3.81. The smallest absolute Gasteiger partial charge is 0.408 e. The lowest BCUT2D eigenvalue weighted by molar-refractivity contribution is -0.141. The number of phenolic OH excluding ortho intramolecular Hbond substituents is 1. The average Bonchev–Trinajstić information content (AvgIpc) is 2.77. The van der Waals surface area contributed by atoms with Crippen molar-refractivity contribution in [3.05, 3.63) is 78.4 Å². The molecule has 0 saturated carbocycles. The van der Waals surface area contributed by atoms with Crippen molar-refractivity contribution >= 4 is 17.9 Å². The molecule has 8 nitrogen and oxygen atoms in total. The van der Waals surface area contributed by atoms with Crippen LogP contribution in [0, 0.1) is 0 Å². The molecule has 2 atom stereocenters. The van der Waals surface area contributed by atoms with E-state index < -0.39 is 35.6 Å². The van der Waals surface area contributed by atoms with E-state index in [1.807, 2.05) is 30.3 Å². The molecule has 2 aromatic rings. The number of benzene rings is 2. The van der Waals surface area contributed by atoms with Crippen LogP contribution in [0.5, 0.6) is 5.75 Å². The van der Waals surface area contributed by atoms with Gasteiger partial charge >= 0.3 is 6.09 Å². The van der Waals surface area contributed by atoms with E-state index >= 15 is 0 Å². The molecule has 8 heteroatoms. The first kappa shape index (κ1) is 26.4. The summed E-state index contributed by atoms with van der Waals surface area (Å²) in [7, 11) is 0. The Morgan fingerprint density at radius 2 is 1.71 bits per heavy atom. The summed E-state index contributed by atoms with van der Waals surface area (Å²) in [6.07, 6.45) is 0.731. The zero-order valence-electron chi connectivity index (χ0n) is 20.1. The SMILES string of the molecule is C=CCN(C(=O)C(C)NC(=O)OC(C)(C)C)C(C(=O)NCc1ccccc1)c1ccccc1O. The fourth-order valence-electron chi connectivity index (χ4n) is 3.31. The summed E-state index contributed by atoms with van der Waals surface area (Å²) >= 11 is 0. The van der Waals surface area contributed by atoms with Crippen molar-refractivity contribution in [1.29, 1.82) is 0 Å². The van der Waals surface area contributed by atoms with Crippen LogP contribution in [0.2, 0.25) is 0 Å². The van der Waals surface area contributed by atoms with Gasteiger partial charge in [-0.2, -0.15) is 0 Å². The van der Waals surface area contributed by atoms with Crippen LogP contribution in [0.1, 0.15) is 44.9 Å². The number of alkyl carbamates (subject to hydrolysis) is 1. The number of carbonyl (C=O) groups excluding carboxylic acids is 3. The molecular formula is C26H33N3O5. The lowest BCUT2D eigenvalue weighted by atomic mass is 10.0. The second kappa shape index (κ2) is 11.9. The molecule has 34 heavy (non-hydrogen) atoms. The molecule has 0 aliphatic carbocycles. The van der Waals surface area contributed by atoms with E-state index in [9.17, 15) is 19.5 Å². The Kier molecular flexibility index (Phi) is 9.24. The normalized spacial score (nSPS) is 12.7. The van der Waals surface area contributed by atoms with Gasteiger partial charge in [0.25, 0.3) is 0 Å². The molecule has 2 rings (SSSR count). The second-order valence-corrected chi connectivity index (χ2v) is 8.81. The quantitative estimate of drug-likeness (QED) is 0.488. The van der Waals surface area contributed by atoms with Crippen LogP contribution in [-0.4, -0.2) is 46.1 Å². The van der Waals surface area contributed by atoms with Crippen LogP contribution in [0.4, 0.5) is 4.79 Å². The lowest BCUT2D eigenvalue weighted by Gasteiger charge is -2.33. The highest BCUT2D eigenvalue weighted by Crippen LogP contribution is 2.29. The van der Waals surface area contributed by atoms with E-state index in [2.05, 4.69) is 17.2 Å². The molecule has 0 aromatic heterocycles. The number of rotatable bonds is 9. The Bertz CT molecular complexity index is 1000. The predicted molar refractivity (Wildman–Crippen MR) is 130 cm³/mol. The molecular weight excluding hydrogens is 434 g/mol. The second-order valence-electron chi connectivity index (χ2n) is 8.81. The van der Waals surface area contributed by atoms with E-state index in [-0.39, 0.29) is 24.4 Å². The summed E-state index contributed by atoms with van der Waals surface area (Å²) in [6.45, 7) is 10.6. The maximum atomic E-state index is 13.4. The molecule has 0 bridgehead atoms. The van der Waals surface area contributed by atoms with Gasteiger partial charge in [-0.3, -0.25) is 9.59 Å². The minimum Gasteiger partial charge on any atom is -0.508 e. The number of carbonyl (C=O) groups is 3. The Balaban J connectivity index is 2.33. The lowest BCUT2D eigenvalue weighted by Crippen LogP contribution is -2.51. The number of ether oxygens (including phenoxy) is 1. The first-order valence-electron chi connectivity index (χ1n) is 11.0. The van der Waals surface area contributed by atoms with Crippen LogP contribution in [-0.2, 0) is 20.9 Å². The highest BCUT2D eigenvalue weighted by Gasteiger charge is 2.35. The van der Waals surface area contributed by atoms with E-state index in [4.69, 9.17) is 4.74 Å². The van der Waals surface area contributed by atoms with E-state index in [0.29, 0.717) is 0 Å². The number of amides is 3. The topological polar surface area (TPSA) is 108 Å². The summed E-state index contributed by atoms with van der Waals surface area (Å²) in [5, 5.41) is 15.8. The van der Waals surface area contributed by atoms with Crippen LogP contribution < -0.4 is 10.6 Å². The average molecular weight is 468 g/mol. The first-order chi connectivity index (χ1) is 16.0. The Morgan fingerprint density at radius 3 is 2.29 bits per heavy atom. The summed E-state index contributed by atoms with van der Waals surface area (Å²) in [5.74, 6) is -1.14. The van der Waals surface area contributed by atoms with Crippen LogP contribution in [0.25, 0.3) is 0 Å². The third kappa shape index (κ3) is 7.65. The van der Waals surface area contributed by atoms with Crippen LogP contribution in [0.3, 0.4) is 0 Å². The summed E-state index contributed by atoms with van der Waals surface area (Å²) < 4.78 is 5.24. The summed E-state index contributed by atoms with van der Waals surface area (Å²) in [4.78, 5) is 40.2. The highest BCUT2D eigenvalue weighted by molar-refractivity contribution is 5.92. The molecule has 3 N–H and O–H groups in total. The third-order valence-electron chi connectivity index (χ3n) is 4.81. The predicted octanol–water partition coefficient (Wildman–Crippen LogP) is 3.68. The van der Waals surface area contributed by atoms with E-state index in [1.165, 1.54) is 24.0 Å². The molecule has 2 unspecified atom stereocenters. The molecule has 0 heterocycles. The van der Waals surface area contributed by atoms with Gasteiger partial charge in [0.15, 0.2) is 0 Å². The van der Waals surface area contributed by atoms with E-state index in [0.717, 1.165) is 5.56 Å². The maximum Gasteiger partial charge on any atom is 0.408 e. The van der Waals surface area contributed by atoms with Gasteiger partial charge in [-0.25, -0.2) is 4.79 Å². The van der Waals surface area contributed by atoms with Crippen molar-refractivity contribution in [3.8, 4) is 5.75 Å². The van der Waals surface area contributed by atoms with Crippen molar-refractivity contribution in [2.45, 2.75) is 51.9 Å². The molecule has 0 saturated heterocycles. The summed E-state index contributed by atoms with van der Waals surface area (Å²) in [5.41, 5.74) is 0.407. The van der Waals surface area contributed by atoms with Crippen molar-refractivity contribution in [3.63, 3.8) is 0 Å². The van der Waals surface area contributed by atoms with Crippen molar-refractivity contribution in [2.75, 3.05) is 6.54 Å². The van der Waals surface area contributed by atoms with Gasteiger partial charge < -0.3 is 25.4 Å². The molecule has 0 radical (unpaired) electrons. The zero-order chi connectivity index (χ0) is 25.3. The number of nitrogens with one attached hydrogen (secondary N) is 2. The van der Waals surface area contributed by atoms with Gasteiger partial charge in [-0.15, -0.1) is 6.58 Å². The molecule has 182 valence electrons. The molecule has 0 fully saturated rings. The van der Waals surface area contributed by atoms with Crippen molar-refractivity contribution in [1.82, 2.24) is 15.5 Å². The number of nitrogens with zero attached hydrogens (tertiary/aromatic N) is 1. The minimum absolute atomic E-state index is 0.0108. The summed E-state index contributed by atoms with van der Waals surface area (Å²) in [6, 6.07) is 13.5. The third-order valence-corrected chi connectivity index (χ3v) is 4.81. The van der Waals surface area contributed by atoms with Gasteiger partial charge in [0.1, 0.15) is 23.4 Å². The zero-order valence-corrected chi connectivity index (χ0v) is 20.1. The standard InChI is InChI=1S/C26H33N3O5/c1-6-16-29(24(32)18(2)28-25(33)34-26(3,4)5)22(20-14-10-11-15-21(20)30)23(31)27-17-19-12-8-7-9-13-19/h6-15,18,22,30H,1,16-17H2,2-5H3,(H,27,31)(H,28,33). The van der Waals surface area contributed by atoms with Crippen LogP contribution >= 0.6 is 0 Å².